The number of rotatable bonds is 19. The van der Waals surface area contributed by atoms with Crippen LogP contribution in [0.4, 0.5) is 4.79 Å². The molecule has 0 unspecified atom stereocenters. The molecule has 12 heteroatoms. The number of sulfonamides is 2. The average Bonchev–Trinajstić information content (AvgIpc) is 3.09. The Kier molecular flexibility index (Phi) is 17.3. The molecule has 0 bridgehead atoms. The SMILES string of the molecule is CC(C)(C)OC(=O)NCCCCCCCNS(=O)(=O)c1ccc2ccccc2c1.NCCCCCCCNS(=O)(=O)c1ccc2ccccc2c1. The molecule has 0 saturated carbocycles. The van der Waals surface area contributed by atoms with E-state index in [1.165, 1.54) is 0 Å². The molecule has 0 fully saturated rings. The monoisotopic (exact) mass is 740 g/mol. The number of hydrogen-bond donors (Lipinski definition) is 4. The Labute approximate surface area is 305 Å². The summed E-state index contributed by atoms with van der Waals surface area (Å²) in [6, 6.07) is 25.8. The molecule has 4 aromatic carbocycles. The van der Waals surface area contributed by atoms with E-state index >= 15 is 0 Å². The number of benzene rings is 4. The molecule has 0 radical (unpaired) electrons. The molecule has 4 aromatic rings. The lowest BCUT2D eigenvalue weighted by Gasteiger charge is -2.19. The van der Waals surface area contributed by atoms with E-state index < -0.39 is 25.6 Å². The second kappa shape index (κ2) is 21.1. The molecular formula is C39H56N4O6S2. The summed E-state index contributed by atoms with van der Waals surface area (Å²) in [5, 5.41) is 6.65. The van der Waals surface area contributed by atoms with Gasteiger partial charge in [0.25, 0.3) is 0 Å². The van der Waals surface area contributed by atoms with Crippen molar-refractivity contribution in [3.8, 4) is 0 Å². The van der Waals surface area contributed by atoms with E-state index in [0.717, 1.165) is 92.3 Å². The first-order valence-corrected chi connectivity index (χ1v) is 20.9. The molecule has 0 aromatic heterocycles. The second-order valence-electron chi connectivity index (χ2n) is 13.6. The third-order valence-electron chi connectivity index (χ3n) is 8.05. The number of hydrogen-bond acceptors (Lipinski definition) is 7. The standard InChI is InChI=1S/C22H32N2O4S.C17H24N2O2S/c1-22(2,3)28-21(25)23-15-9-5-4-6-10-16-24-29(26,27)20-14-13-18-11-7-8-12-19(18)17-20;18-12-6-2-1-3-7-13-19-22(20,21)17-11-10-15-8-4-5-9-16(15)14-17/h7-8,11-14,17,24H,4-6,9-10,15-16H2,1-3H3,(H,23,25);4-5,8-11,14,19H,1-3,6-7,12-13,18H2. The highest BCUT2D eigenvalue weighted by Crippen LogP contribution is 2.20. The summed E-state index contributed by atoms with van der Waals surface area (Å²) >= 11 is 0. The molecule has 0 spiro atoms. The maximum atomic E-state index is 12.4. The zero-order valence-corrected chi connectivity index (χ0v) is 32.0. The lowest BCUT2D eigenvalue weighted by Crippen LogP contribution is -2.32. The molecule has 0 heterocycles. The van der Waals surface area contributed by atoms with Crippen molar-refractivity contribution in [3.63, 3.8) is 0 Å². The Balaban J connectivity index is 0.000000286. The first-order valence-electron chi connectivity index (χ1n) is 17.9. The van der Waals surface area contributed by atoms with Gasteiger partial charge in [0.2, 0.25) is 20.0 Å². The summed E-state index contributed by atoms with van der Waals surface area (Å²) in [6.07, 6.45) is 9.34. The number of carbonyl (C=O) groups excluding carboxylic acids is 1. The van der Waals surface area contributed by atoms with Crippen LogP contribution in [0, 0.1) is 0 Å². The van der Waals surface area contributed by atoms with Crippen LogP contribution >= 0.6 is 0 Å². The van der Waals surface area contributed by atoms with E-state index in [-0.39, 0.29) is 6.09 Å². The van der Waals surface area contributed by atoms with Crippen LogP contribution < -0.4 is 20.5 Å². The molecule has 51 heavy (non-hydrogen) atoms. The van der Waals surface area contributed by atoms with E-state index in [9.17, 15) is 21.6 Å². The minimum atomic E-state index is -3.49. The van der Waals surface area contributed by atoms with E-state index in [1.54, 1.807) is 24.3 Å². The molecule has 0 aliphatic rings. The molecule has 0 atom stereocenters. The highest BCUT2D eigenvalue weighted by atomic mass is 32.2. The number of amides is 1. The number of carbonyl (C=O) groups is 1. The van der Waals surface area contributed by atoms with Crippen molar-refractivity contribution < 1.29 is 26.4 Å². The van der Waals surface area contributed by atoms with Crippen LogP contribution in [-0.2, 0) is 24.8 Å². The van der Waals surface area contributed by atoms with Crippen LogP contribution in [0.3, 0.4) is 0 Å². The molecular weight excluding hydrogens is 685 g/mol. The Morgan fingerprint density at radius 3 is 1.39 bits per heavy atom. The lowest BCUT2D eigenvalue weighted by molar-refractivity contribution is 0.0527. The summed E-state index contributed by atoms with van der Waals surface area (Å²) < 4.78 is 60.0. The van der Waals surface area contributed by atoms with E-state index in [4.69, 9.17) is 10.5 Å². The van der Waals surface area contributed by atoms with Crippen molar-refractivity contribution in [2.75, 3.05) is 26.2 Å². The van der Waals surface area contributed by atoms with Gasteiger partial charge in [0, 0.05) is 19.6 Å². The number of unbranched alkanes of at least 4 members (excludes halogenated alkanes) is 8. The van der Waals surface area contributed by atoms with Gasteiger partial charge in [-0.3, -0.25) is 0 Å². The summed E-state index contributed by atoms with van der Waals surface area (Å²) in [4.78, 5) is 12.1. The van der Waals surface area contributed by atoms with E-state index in [2.05, 4.69) is 14.8 Å². The van der Waals surface area contributed by atoms with E-state index in [1.807, 2.05) is 81.4 Å². The largest absolute Gasteiger partial charge is 0.444 e. The fourth-order valence-electron chi connectivity index (χ4n) is 5.33. The molecule has 0 aliphatic heterocycles. The van der Waals surface area contributed by atoms with Gasteiger partial charge in [0.05, 0.1) is 9.79 Å². The zero-order valence-electron chi connectivity index (χ0n) is 30.3. The molecule has 10 nitrogen and oxygen atoms in total. The predicted molar refractivity (Wildman–Crippen MR) is 208 cm³/mol. The van der Waals surface area contributed by atoms with Crippen molar-refractivity contribution in [3.05, 3.63) is 84.9 Å². The van der Waals surface area contributed by atoms with Gasteiger partial charge >= 0.3 is 6.09 Å². The predicted octanol–water partition coefficient (Wildman–Crippen LogP) is 7.62. The number of ether oxygens (including phenoxy) is 1. The van der Waals surface area contributed by atoms with Crippen molar-refractivity contribution in [1.29, 1.82) is 0 Å². The van der Waals surface area contributed by atoms with Crippen molar-refractivity contribution in [1.82, 2.24) is 14.8 Å². The smallest absolute Gasteiger partial charge is 0.407 e. The van der Waals surface area contributed by atoms with Crippen LogP contribution in [0.15, 0.2) is 94.7 Å². The Hall–Kier alpha value is -3.55. The number of fused-ring (bicyclic) bond motifs is 2. The minimum Gasteiger partial charge on any atom is -0.444 e. The maximum absolute atomic E-state index is 12.4. The summed E-state index contributed by atoms with van der Waals surface area (Å²) in [7, 11) is -6.91. The summed E-state index contributed by atoms with van der Waals surface area (Å²) in [6.45, 7) is 7.73. The Morgan fingerprint density at radius 2 is 0.961 bits per heavy atom. The first-order chi connectivity index (χ1) is 24.3. The van der Waals surface area contributed by atoms with Crippen molar-refractivity contribution in [2.24, 2.45) is 5.73 Å². The van der Waals surface area contributed by atoms with Gasteiger partial charge in [-0.25, -0.2) is 31.1 Å². The Bertz CT molecular complexity index is 1880. The number of alkyl carbamates (subject to hydrolysis) is 1. The van der Waals surface area contributed by atoms with Crippen LogP contribution in [0.1, 0.15) is 85.0 Å². The molecule has 1 amide bonds. The lowest BCUT2D eigenvalue weighted by atomic mass is 10.1. The topological polar surface area (TPSA) is 157 Å². The van der Waals surface area contributed by atoms with Gasteiger partial charge in [0.1, 0.15) is 5.60 Å². The van der Waals surface area contributed by atoms with Crippen molar-refractivity contribution >= 4 is 47.7 Å². The minimum absolute atomic E-state index is 0.296. The average molecular weight is 741 g/mol. The number of nitrogens with two attached hydrogens (primary N) is 1. The van der Waals surface area contributed by atoms with Gasteiger partial charge < -0.3 is 15.8 Å². The van der Waals surface area contributed by atoms with Crippen LogP contribution in [0.25, 0.3) is 21.5 Å². The highest BCUT2D eigenvalue weighted by Gasteiger charge is 2.16. The van der Waals surface area contributed by atoms with Gasteiger partial charge in [-0.15, -0.1) is 0 Å². The Morgan fingerprint density at radius 1 is 0.569 bits per heavy atom. The summed E-state index contributed by atoms with van der Waals surface area (Å²) in [5.41, 5.74) is 4.96. The second-order valence-corrected chi connectivity index (χ2v) is 17.1. The fraction of sp³-hybridized carbons (Fsp3) is 0.462. The number of nitrogens with one attached hydrogen (secondary N) is 3. The van der Waals surface area contributed by atoms with Crippen LogP contribution in [0.2, 0.25) is 0 Å². The van der Waals surface area contributed by atoms with Gasteiger partial charge in [-0.2, -0.15) is 0 Å². The molecule has 0 saturated heterocycles. The quantitative estimate of drug-likeness (QED) is 0.0721. The van der Waals surface area contributed by atoms with Gasteiger partial charge in [-0.1, -0.05) is 99.2 Å². The third kappa shape index (κ3) is 15.7. The summed E-state index contributed by atoms with van der Waals surface area (Å²) in [5.74, 6) is 0. The maximum Gasteiger partial charge on any atom is 0.407 e. The molecule has 0 aliphatic carbocycles. The normalized spacial score (nSPS) is 12.0. The third-order valence-corrected chi connectivity index (χ3v) is 11.0. The van der Waals surface area contributed by atoms with Gasteiger partial charge in [-0.05, 0) is 98.8 Å². The molecule has 5 N–H and O–H groups in total. The first kappa shape index (κ1) is 41.9. The fourth-order valence-corrected chi connectivity index (χ4v) is 7.55. The highest BCUT2D eigenvalue weighted by molar-refractivity contribution is 7.89. The molecule has 280 valence electrons. The van der Waals surface area contributed by atoms with Gasteiger partial charge in [0.15, 0.2) is 0 Å². The van der Waals surface area contributed by atoms with E-state index in [0.29, 0.717) is 29.4 Å². The zero-order chi connectivity index (χ0) is 37.2. The van der Waals surface area contributed by atoms with Crippen molar-refractivity contribution in [2.45, 2.75) is 100 Å². The molecule has 4 rings (SSSR count). The van der Waals surface area contributed by atoms with Crippen LogP contribution in [0.5, 0.6) is 0 Å². The van der Waals surface area contributed by atoms with Crippen LogP contribution in [-0.4, -0.2) is 54.7 Å².